The molecule has 0 spiro atoms. The molecule has 1 saturated carbocycles. The zero-order chi connectivity index (χ0) is 13.7. The molecular formula is C17H26FN. The topological polar surface area (TPSA) is 12.0 Å². The Balaban J connectivity index is 1.80. The lowest BCUT2D eigenvalue weighted by atomic mass is 9.83. The summed E-state index contributed by atoms with van der Waals surface area (Å²) in [5, 5.41) is 3.69. The molecule has 0 bridgehead atoms. The number of hydrogen-bond donors (Lipinski definition) is 1. The van der Waals surface area contributed by atoms with Crippen LogP contribution in [0, 0.1) is 11.7 Å². The van der Waals surface area contributed by atoms with Crippen LogP contribution >= 0.6 is 0 Å². The van der Waals surface area contributed by atoms with Crippen molar-refractivity contribution in [1.82, 2.24) is 5.32 Å². The maximum absolute atomic E-state index is 12.9. The van der Waals surface area contributed by atoms with Crippen LogP contribution in [0.3, 0.4) is 0 Å². The molecule has 1 aliphatic rings. The normalized spacial score (nSPS) is 25.2. The summed E-state index contributed by atoms with van der Waals surface area (Å²) < 4.78 is 12.9. The molecule has 1 aromatic rings. The minimum absolute atomic E-state index is 0.156. The van der Waals surface area contributed by atoms with Crippen LogP contribution in [0.1, 0.15) is 64.0 Å². The molecular weight excluding hydrogens is 237 g/mol. The molecule has 1 nitrogen and oxygen atoms in total. The fourth-order valence-electron chi connectivity index (χ4n) is 3.23. The molecule has 106 valence electrons. The summed E-state index contributed by atoms with van der Waals surface area (Å²) in [6, 6.07) is 7.81. The third kappa shape index (κ3) is 4.31. The maximum atomic E-state index is 12.9. The highest BCUT2D eigenvalue weighted by Crippen LogP contribution is 2.29. The molecule has 1 aliphatic carbocycles. The molecule has 1 N–H and O–H groups in total. The second-order valence-corrected chi connectivity index (χ2v) is 5.95. The Morgan fingerprint density at radius 1 is 1.16 bits per heavy atom. The van der Waals surface area contributed by atoms with Gasteiger partial charge < -0.3 is 5.32 Å². The van der Waals surface area contributed by atoms with Gasteiger partial charge in [-0.1, -0.05) is 31.9 Å². The van der Waals surface area contributed by atoms with Gasteiger partial charge in [0.2, 0.25) is 0 Å². The van der Waals surface area contributed by atoms with E-state index in [4.69, 9.17) is 0 Å². The molecule has 0 unspecified atom stereocenters. The van der Waals surface area contributed by atoms with Crippen LogP contribution in [0.4, 0.5) is 4.39 Å². The molecule has 1 atom stereocenters. The largest absolute Gasteiger partial charge is 0.307 e. The average Bonchev–Trinajstić information content (AvgIpc) is 2.42. The number of rotatable bonds is 5. The second kappa shape index (κ2) is 7.04. The van der Waals surface area contributed by atoms with Crippen molar-refractivity contribution in [2.24, 2.45) is 5.92 Å². The predicted octanol–water partition coefficient (Wildman–Crippen LogP) is 4.84. The minimum Gasteiger partial charge on any atom is -0.307 e. The number of nitrogens with one attached hydrogen (secondary N) is 1. The molecule has 0 radical (unpaired) electrons. The standard InChI is InChI=1S/C17H26FN/c1-3-4-14-5-11-17(12-6-14)19-13(2)15-7-9-16(18)10-8-15/h7-10,13-14,17,19H,3-6,11-12H2,1-2H3/t13-,14?,17?/m0/s1. The van der Waals surface area contributed by atoms with Crippen molar-refractivity contribution in [3.63, 3.8) is 0 Å². The highest BCUT2D eigenvalue weighted by Gasteiger charge is 2.21. The van der Waals surface area contributed by atoms with Crippen molar-refractivity contribution in [3.8, 4) is 0 Å². The van der Waals surface area contributed by atoms with Gasteiger partial charge in [0.15, 0.2) is 0 Å². The third-order valence-electron chi connectivity index (χ3n) is 4.40. The van der Waals surface area contributed by atoms with Crippen LogP contribution in [0.15, 0.2) is 24.3 Å². The Labute approximate surface area is 116 Å². The first-order valence-corrected chi connectivity index (χ1v) is 7.70. The van der Waals surface area contributed by atoms with Gasteiger partial charge in [0.1, 0.15) is 5.82 Å². The summed E-state index contributed by atoms with van der Waals surface area (Å²) in [6.45, 7) is 4.45. The quantitative estimate of drug-likeness (QED) is 0.802. The first kappa shape index (κ1) is 14.5. The SMILES string of the molecule is CCCC1CCC(N[C@@H](C)c2ccc(F)cc2)CC1. The van der Waals surface area contributed by atoms with Crippen LogP contribution in [-0.2, 0) is 0 Å². The number of halogens is 1. The average molecular weight is 263 g/mol. The van der Waals surface area contributed by atoms with E-state index >= 15 is 0 Å². The molecule has 0 aromatic heterocycles. The van der Waals surface area contributed by atoms with Gasteiger partial charge >= 0.3 is 0 Å². The molecule has 0 saturated heterocycles. The lowest BCUT2D eigenvalue weighted by Gasteiger charge is -2.31. The molecule has 0 aliphatic heterocycles. The zero-order valence-electron chi connectivity index (χ0n) is 12.2. The summed E-state index contributed by atoms with van der Waals surface area (Å²) in [7, 11) is 0. The fraction of sp³-hybridized carbons (Fsp3) is 0.647. The molecule has 19 heavy (non-hydrogen) atoms. The van der Waals surface area contributed by atoms with Crippen LogP contribution < -0.4 is 5.32 Å². The molecule has 0 amide bonds. The van der Waals surface area contributed by atoms with Gasteiger partial charge in [0.05, 0.1) is 0 Å². The van der Waals surface area contributed by atoms with E-state index in [1.165, 1.54) is 44.1 Å². The number of benzene rings is 1. The van der Waals surface area contributed by atoms with E-state index in [0.29, 0.717) is 12.1 Å². The Bertz CT molecular complexity index is 365. The van der Waals surface area contributed by atoms with Crippen molar-refractivity contribution in [1.29, 1.82) is 0 Å². The van der Waals surface area contributed by atoms with Crippen LogP contribution in [0.5, 0.6) is 0 Å². The van der Waals surface area contributed by atoms with Crippen molar-refractivity contribution >= 4 is 0 Å². The van der Waals surface area contributed by atoms with Crippen LogP contribution in [-0.4, -0.2) is 6.04 Å². The van der Waals surface area contributed by atoms with Gasteiger partial charge in [-0.15, -0.1) is 0 Å². The van der Waals surface area contributed by atoms with E-state index in [2.05, 4.69) is 19.2 Å². The van der Waals surface area contributed by atoms with Crippen molar-refractivity contribution in [2.75, 3.05) is 0 Å². The number of hydrogen-bond acceptors (Lipinski definition) is 1. The second-order valence-electron chi connectivity index (χ2n) is 5.95. The Morgan fingerprint density at radius 3 is 2.37 bits per heavy atom. The summed E-state index contributed by atoms with van der Waals surface area (Å²) >= 11 is 0. The molecule has 0 heterocycles. The van der Waals surface area contributed by atoms with Crippen LogP contribution in [0.2, 0.25) is 0 Å². The van der Waals surface area contributed by atoms with Crippen molar-refractivity contribution in [2.45, 2.75) is 64.5 Å². The van der Waals surface area contributed by atoms with Gasteiger partial charge in [0, 0.05) is 12.1 Å². The Kier molecular flexibility index (Phi) is 5.38. The first-order chi connectivity index (χ1) is 9.19. The van der Waals surface area contributed by atoms with Gasteiger partial charge in [-0.25, -0.2) is 4.39 Å². The zero-order valence-corrected chi connectivity index (χ0v) is 12.2. The molecule has 2 rings (SSSR count). The Hall–Kier alpha value is -0.890. The maximum Gasteiger partial charge on any atom is 0.123 e. The lowest BCUT2D eigenvalue weighted by molar-refractivity contribution is 0.266. The smallest absolute Gasteiger partial charge is 0.123 e. The minimum atomic E-state index is -0.156. The highest BCUT2D eigenvalue weighted by atomic mass is 19.1. The first-order valence-electron chi connectivity index (χ1n) is 7.70. The van der Waals surface area contributed by atoms with Crippen molar-refractivity contribution < 1.29 is 4.39 Å². The van der Waals surface area contributed by atoms with Gasteiger partial charge in [-0.2, -0.15) is 0 Å². The summed E-state index contributed by atoms with van der Waals surface area (Å²) in [5.74, 6) is 0.792. The highest BCUT2D eigenvalue weighted by molar-refractivity contribution is 5.19. The van der Waals surface area contributed by atoms with Gasteiger partial charge in [0.25, 0.3) is 0 Å². The van der Waals surface area contributed by atoms with E-state index in [1.807, 2.05) is 12.1 Å². The monoisotopic (exact) mass is 263 g/mol. The van der Waals surface area contributed by atoms with Gasteiger partial charge in [-0.3, -0.25) is 0 Å². The fourth-order valence-corrected chi connectivity index (χ4v) is 3.23. The van der Waals surface area contributed by atoms with Crippen molar-refractivity contribution in [3.05, 3.63) is 35.6 Å². The van der Waals surface area contributed by atoms with E-state index in [9.17, 15) is 4.39 Å². The van der Waals surface area contributed by atoms with E-state index in [-0.39, 0.29) is 5.82 Å². The van der Waals surface area contributed by atoms with E-state index in [1.54, 1.807) is 12.1 Å². The van der Waals surface area contributed by atoms with Crippen LogP contribution in [0.25, 0.3) is 0 Å². The molecule has 2 heteroatoms. The van der Waals surface area contributed by atoms with E-state index < -0.39 is 0 Å². The van der Waals surface area contributed by atoms with Gasteiger partial charge in [-0.05, 0) is 56.2 Å². The van der Waals surface area contributed by atoms with E-state index in [0.717, 1.165) is 5.92 Å². The summed E-state index contributed by atoms with van der Waals surface area (Å²) in [5.41, 5.74) is 1.18. The predicted molar refractivity (Wildman–Crippen MR) is 78.6 cm³/mol. The summed E-state index contributed by atoms with van der Waals surface area (Å²) in [4.78, 5) is 0. The molecule has 1 aromatic carbocycles. The lowest BCUT2D eigenvalue weighted by Crippen LogP contribution is -2.35. The third-order valence-corrected chi connectivity index (χ3v) is 4.40. The Morgan fingerprint density at radius 2 is 1.79 bits per heavy atom. The summed E-state index contributed by atoms with van der Waals surface area (Å²) in [6.07, 6.45) is 8.00. The molecule has 1 fully saturated rings.